The van der Waals surface area contributed by atoms with Gasteiger partial charge in [0, 0.05) is 24.4 Å². The molecule has 5 N–H and O–H groups in total. The molecule has 0 saturated heterocycles. The van der Waals surface area contributed by atoms with Crippen molar-refractivity contribution in [3.05, 3.63) is 0 Å². The molecule has 43 heavy (non-hydrogen) atoms. The number of hydrogen-bond donors (Lipinski definition) is 3. The molecule has 0 aliphatic heterocycles. The fourth-order valence-corrected chi connectivity index (χ4v) is 13.7. The van der Waals surface area contributed by atoms with Gasteiger partial charge in [-0.15, -0.1) is 0 Å². The molecule has 0 rings (SSSR count). The molecule has 3 atom stereocenters. The molecule has 259 valence electrons. The van der Waals surface area contributed by atoms with Crippen molar-refractivity contribution in [2.75, 3.05) is 0 Å². The van der Waals surface area contributed by atoms with Gasteiger partial charge in [0.05, 0.1) is 6.10 Å². The minimum absolute atomic E-state index is 0. The van der Waals surface area contributed by atoms with Gasteiger partial charge in [-0.2, -0.15) is 0 Å². The SMILES string of the molecule is CC(C)[O][Al-]([O][Si@@H](OC(C)C)O[Si](O)(OC(C)C)OC(C)C)[O][Si@@]([OH2+])(OC(C)C)O[Si@@H](O)OC(C)C.CC(C)[Si]O.[TiH2].[TiH2]. The van der Waals surface area contributed by atoms with Crippen molar-refractivity contribution in [3.8, 4) is 0 Å². The van der Waals surface area contributed by atoms with Crippen LogP contribution in [0.25, 0.3) is 0 Å². The summed E-state index contributed by atoms with van der Waals surface area (Å²) in [4.78, 5) is 38.2. The van der Waals surface area contributed by atoms with Crippen molar-refractivity contribution >= 4 is 62.1 Å². The zero-order valence-corrected chi connectivity index (χ0v) is 39.5. The average molecular weight is 800 g/mol. The van der Waals surface area contributed by atoms with E-state index in [2.05, 4.69) is 0 Å². The molecule has 0 aromatic heterocycles. The van der Waals surface area contributed by atoms with Gasteiger partial charge in [-0.05, 0) is 94.7 Å². The van der Waals surface area contributed by atoms with Crippen LogP contribution in [0.3, 0.4) is 0 Å². The van der Waals surface area contributed by atoms with Crippen LogP contribution in [-0.4, -0.2) is 118 Å². The van der Waals surface area contributed by atoms with E-state index in [1.54, 1.807) is 83.1 Å². The molecule has 0 aromatic carbocycles. The predicted molar refractivity (Wildman–Crippen MR) is 170 cm³/mol. The van der Waals surface area contributed by atoms with E-state index in [0.717, 1.165) is 0 Å². The number of rotatable bonds is 21. The Balaban J connectivity index is -0.000000996. The third-order valence-electron chi connectivity index (χ3n) is 3.55. The molecule has 0 aliphatic rings. The van der Waals surface area contributed by atoms with Crippen LogP contribution in [0.4, 0.5) is 0 Å². The summed E-state index contributed by atoms with van der Waals surface area (Å²) in [7, 11) is -14.8. The van der Waals surface area contributed by atoms with Crippen LogP contribution in [0, 0.1) is 0 Å². The van der Waals surface area contributed by atoms with E-state index in [1.807, 2.05) is 13.8 Å². The second kappa shape index (κ2) is 27.3. The van der Waals surface area contributed by atoms with E-state index in [9.17, 15) is 9.59 Å². The van der Waals surface area contributed by atoms with Crippen molar-refractivity contribution < 1.29 is 104 Å². The average Bonchev–Trinajstić information content (AvgIpc) is 2.69. The Kier molecular flexibility index (Phi) is 33.2. The van der Waals surface area contributed by atoms with Crippen LogP contribution >= 0.6 is 0 Å². The van der Waals surface area contributed by atoms with Crippen molar-refractivity contribution in [2.45, 2.75) is 139 Å². The van der Waals surface area contributed by atoms with Crippen molar-refractivity contribution in [1.29, 1.82) is 0 Å². The van der Waals surface area contributed by atoms with E-state index in [4.69, 9.17) is 50.7 Å². The Hall–Kier alpha value is 2.49. The predicted octanol–water partition coefficient (Wildman–Crippen LogP) is -0.0471. The Morgan fingerprint density at radius 1 is 0.674 bits per heavy atom. The van der Waals surface area contributed by atoms with Gasteiger partial charge in [0.15, 0.2) is 0 Å². The molecular weight excluding hydrogens is 739 g/mol. The maximum absolute atomic E-state index is 11.0. The number of hydrogen-bond acceptors (Lipinski definition) is 13. The van der Waals surface area contributed by atoms with Crippen LogP contribution in [0.1, 0.15) is 96.9 Å². The zero-order valence-electron chi connectivity index (χ0n) is 28.6. The van der Waals surface area contributed by atoms with Crippen molar-refractivity contribution in [1.82, 2.24) is 0 Å². The van der Waals surface area contributed by atoms with E-state index in [1.165, 1.54) is 0 Å². The maximum atomic E-state index is 11.0. The van der Waals surface area contributed by atoms with Gasteiger partial charge >= 0.3 is 95.7 Å². The minimum atomic E-state index is -4.24. The van der Waals surface area contributed by atoms with E-state index in [-0.39, 0.29) is 83.7 Å². The summed E-state index contributed by atoms with van der Waals surface area (Å²) in [6.45, 7) is 24.9. The topological polar surface area (TPSA) is 176 Å². The molecule has 0 saturated carbocycles. The molecule has 0 heterocycles. The quantitative estimate of drug-likeness (QED) is 0.104. The summed E-state index contributed by atoms with van der Waals surface area (Å²) in [6, 6.07) is 0. The van der Waals surface area contributed by atoms with Gasteiger partial charge in [0.1, 0.15) is 0 Å². The van der Waals surface area contributed by atoms with Crippen molar-refractivity contribution in [3.63, 3.8) is 0 Å². The van der Waals surface area contributed by atoms with Gasteiger partial charge in [0.25, 0.3) is 0 Å². The second-order valence-electron chi connectivity index (χ2n) is 10.8. The standard InChI is InChI=1S/C9H23O6Si2.C6H17O6Si2.C3H8OSi.C3H7O.Al.2Ti.4H/c1-7(2)12-16(10)15-17(11,13-8(3)4)14-9(5)6;1-5(2)10-13(7)12-14(8,9)11-6(3)4;1-3(2)5-4;1-3(2)4;;;;;;;/h7-9,11,16H,1-6H3;5-8,13H,1-4H3;3-4H,1-2H3;3H,1-2H3;;;;;;;/q2*-1;;-1;+2;;;;;;/p+1/t16-;13-,14-;;;;;;;;;/m00........./s1. The molecule has 0 aliphatic carbocycles. The molecular formula is C21H60AlO14Si5Ti2. The Morgan fingerprint density at radius 3 is 1.42 bits per heavy atom. The van der Waals surface area contributed by atoms with E-state index >= 15 is 0 Å². The third-order valence-corrected chi connectivity index (χ3v) is 16.5. The summed E-state index contributed by atoms with van der Waals surface area (Å²) in [5, 5.41) is 0. The first-order valence-corrected chi connectivity index (χ1v) is 22.6. The van der Waals surface area contributed by atoms with Gasteiger partial charge < -0.3 is 60.3 Å². The molecule has 0 amide bonds. The summed E-state index contributed by atoms with van der Waals surface area (Å²) in [5.74, 6) is 0. The van der Waals surface area contributed by atoms with Gasteiger partial charge in [-0.1, -0.05) is 13.8 Å². The summed E-state index contributed by atoms with van der Waals surface area (Å²) in [6.07, 6.45) is -2.22. The molecule has 22 heteroatoms. The monoisotopic (exact) mass is 799 g/mol. The first kappa shape index (κ1) is 52.3. The third kappa shape index (κ3) is 31.5. The first-order chi connectivity index (χ1) is 18.6. The van der Waals surface area contributed by atoms with Crippen LogP contribution in [-0.2, 0) is 84.5 Å². The van der Waals surface area contributed by atoms with Gasteiger partial charge in [-0.25, -0.2) is 0 Å². The fraction of sp³-hybridized carbons (Fsp3) is 1.00. The summed E-state index contributed by atoms with van der Waals surface area (Å²) in [5.41, 5.74) is 0.468. The van der Waals surface area contributed by atoms with Gasteiger partial charge in [0.2, 0.25) is 9.76 Å². The van der Waals surface area contributed by atoms with E-state index in [0.29, 0.717) is 5.54 Å². The first-order valence-electron chi connectivity index (χ1n) is 13.9. The summed E-state index contributed by atoms with van der Waals surface area (Å²) >= 11 is -3.26. The fourth-order valence-electron chi connectivity index (χ4n) is 2.42. The van der Waals surface area contributed by atoms with Crippen LogP contribution in [0.5, 0.6) is 0 Å². The molecule has 0 fully saturated rings. The zero-order chi connectivity index (χ0) is 32.6. The molecule has 0 spiro atoms. The summed E-state index contributed by atoms with van der Waals surface area (Å²) < 4.78 is 57.1. The molecule has 0 bridgehead atoms. The second-order valence-corrected chi connectivity index (χ2v) is 21.6. The van der Waals surface area contributed by atoms with Crippen LogP contribution in [0.15, 0.2) is 0 Å². The molecule has 14 nitrogen and oxygen atoms in total. The molecule has 0 unspecified atom stereocenters. The van der Waals surface area contributed by atoms with Crippen LogP contribution in [0.2, 0.25) is 5.54 Å². The molecule has 3 radical (unpaired) electrons. The molecule has 0 aromatic rings. The Labute approximate surface area is 302 Å². The normalized spacial score (nSPS) is 15.2. The Morgan fingerprint density at radius 2 is 1.09 bits per heavy atom. The Bertz CT molecular complexity index is 655. The van der Waals surface area contributed by atoms with Gasteiger partial charge in [-0.3, -0.25) is 0 Å². The van der Waals surface area contributed by atoms with Crippen molar-refractivity contribution in [2.24, 2.45) is 0 Å². The van der Waals surface area contributed by atoms with E-state index < -0.39 is 58.4 Å². The van der Waals surface area contributed by atoms with Crippen LogP contribution < -0.4 is 0 Å².